The number of nitrogens with one attached hydrogen (secondary N) is 1. The second-order valence-electron chi connectivity index (χ2n) is 6.67. The molecule has 0 aliphatic carbocycles. The van der Waals surface area contributed by atoms with Crippen LogP contribution in [0.1, 0.15) is 29.5 Å². The van der Waals surface area contributed by atoms with Crippen LogP contribution in [-0.4, -0.2) is 30.8 Å². The van der Waals surface area contributed by atoms with Gasteiger partial charge in [-0.2, -0.15) is 0 Å². The topological polar surface area (TPSA) is 43.4 Å². The van der Waals surface area contributed by atoms with Gasteiger partial charge in [0.1, 0.15) is 18.1 Å². The lowest BCUT2D eigenvalue weighted by molar-refractivity contribution is 0.217. The summed E-state index contributed by atoms with van der Waals surface area (Å²) in [7, 11) is 0. The van der Waals surface area contributed by atoms with E-state index in [0.717, 1.165) is 56.9 Å². The van der Waals surface area contributed by atoms with E-state index in [1.54, 1.807) is 6.20 Å². The average molecular weight is 324 g/mol. The summed E-state index contributed by atoms with van der Waals surface area (Å²) in [6.45, 7) is 2.68. The lowest BCUT2D eigenvalue weighted by Gasteiger charge is -2.27. The minimum Gasteiger partial charge on any atom is -0.493 e. The van der Waals surface area contributed by atoms with E-state index >= 15 is 0 Å². The molecule has 0 radical (unpaired) electrons. The van der Waals surface area contributed by atoms with E-state index in [4.69, 9.17) is 9.47 Å². The van der Waals surface area contributed by atoms with Crippen LogP contribution in [0.3, 0.4) is 0 Å². The maximum absolute atomic E-state index is 5.83. The molecular weight excluding hydrogens is 300 g/mol. The van der Waals surface area contributed by atoms with Gasteiger partial charge in [0.05, 0.1) is 12.8 Å². The first-order chi connectivity index (χ1) is 11.9. The summed E-state index contributed by atoms with van der Waals surface area (Å²) in [6.07, 6.45) is 9.15. The molecule has 4 heteroatoms. The van der Waals surface area contributed by atoms with Gasteiger partial charge in [0.2, 0.25) is 0 Å². The third-order valence-corrected chi connectivity index (χ3v) is 4.83. The van der Waals surface area contributed by atoms with Gasteiger partial charge >= 0.3 is 0 Å². The quantitative estimate of drug-likeness (QED) is 0.887. The predicted octanol–water partition coefficient (Wildman–Crippen LogP) is 2.93. The molecule has 1 aromatic carbocycles. The summed E-state index contributed by atoms with van der Waals surface area (Å²) in [5.41, 5.74) is 3.88. The zero-order valence-electron chi connectivity index (χ0n) is 14.0. The van der Waals surface area contributed by atoms with Gasteiger partial charge in [0.25, 0.3) is 0 Å². The summed E-state index contributed by atoms with van der Waals surface area (Å²) in [5.74, 6) is 1.94. The van der Waals surface area contributed by atoms with E-state index in [1.165, 1.54) is 23.1 Å². The van der Waals surface area contributed by atoms with Crippen LogP contribution in [0.4, 0.5) is 0 Å². The summed E-state index contributed by atoms with van der Waals surface area (Å²) >= 11 is 0. The SMILES string of the molecule is c1cc2c(cc1CCc1cncc(OCC3CCN3)c1)OCCC2. The number of hydrogen-bond donors (Lipinski definition) is 1. The Kier molecular flexibility index (Phi) is 4.65. The molecule has 0 amide bonds. The number of rotatable bonds is 6. The lowest BCUT2D eigenvalue weighted by Crippen LogP contribution is -2.46. The van der Waals surface area contributed by atoms with Gasteiger partial charge < -0.3 is 14.8 Å². The minimum absolute atomic E-state index is 0.504. The van der Waals surface area contributed by atoms with Gasteiger partial charge in [-0.3, -0.25) is 4.98 Å². The Morgan fingerprint density at radius 2 is 2.08 bits per heavy atom. The van der Waals surface area contributed by atoms with Crippen molar-refractivity contribution in [2.24, 2.45) is 0 Å². The molecule has 1 fully saturated rings. The zero-order valence-corrected chi connectivity index (χ0v) is 14.0. The smallest absolute Gasteiger partial charge is 0.137 e. The molecule has 0 bridgehead atoms. The fraction of sp³-hybridized carbons (Fsp3) is 0.450. The Labute approximate surface area is 143 Å². The van der Waals surface area contributed by atoms with Crippen LogP contribution in [0.25, 0.3) is 0 Å². The summed E-state index contributed by atoms with van der Waals surface area (Å²) in [4.78, 5) is 4.32. The Balaban J connectivity index is 1.35. The van der Waals surface area contributed by atoms with Crippen molar-refractivity contribution >= 4 is 0 Å². The molecule has 24 heavy (non-hydrogen) atoms. The van der Waals surface area contributed by atoms with Crippen LogP contribution >= 0.6 is 0 Å². The molecule has 4 rings (SSSR count). The third kappa shape index (κ3) is 3.70. The molecule has 1 saturated heterocycles. The Morgan fingerprint density at radius 3 is 2.96 bits per heavy atom. The maximum Gasteiger partial charge on any atom is 0.137 e. The van der Waals surface area contributed by atoms with Crippen molar-refractivity contribution in [2.45, 2.75) is 38.1 Å². The molecule has 0 saturated carbocycles. The highest BCUT2D eigenvalue weighted by Gasteiger charge is 2.16. The maximum atomic E-state index is 5.83. The molecule has 1 atom stereocenters. The zero-order chi connectivity index (χ0) is 16.2. The fourth-order valence-electron chi connectivity index (χ4n) is 3.20. The van der Waals surface area contributed by atoms with Crippen molar-refractivity contribution < 1.29 is 9.47 Å². The third-order valence-electron chi connectivity index (χ3n) is 4.83. The van der Waals surface area contributed by atoms with Crippen molar-refractivity contribution in [3.05, 3.63) is 53.3 Å². The summed E-state index contributed by atoms with van der Waals surface area (Å²) in [6, 6.07) is 9.26. The highest BCUT2D eigenvalue weighted by molar-refractivity contribution is 5.39. The lowest BCUT2D eigenvalue weighted by atomic mass is 10.0. The number of pyridine rings is 1. The number of hydrogen-bond acceptors (Lipinski definition) is 4. The fourth-order valence-corrected chi connectivity index (χ4v) is 3.20. The standard InChI is InChI=1S/C20H24N2O2/c1-2-17-6-5-15(11-20(17)23-9-1)3-4-16-10-19(13-21-12-16)24-14-18-7-8-22-18/h5-6,10-13,18,22H,1-4,7-9,14H2. The Bertz CT molecular complexity index is 698. The van der Waals surface area contributed by atoms with Gasteiger partial charge in [-0.05, 0) is 67.5 Å². The van der Waals surface area contributed by atoms with Gasteiger partial charge in [-0.25, -0.2) is 0 Å². The van der Waals surface area contributed by atoms with E-state index in [1.807, 2.05) is 6.20 Å². The first kappa shape index (κ1) is 15.5. The van der Waals surface area contributed by atoms with Crippen LogP contribution in [0.2, 0.25) is 0 Å². The van der Waals surface area contributed by atoms with Gasteiger partial charge in [0.15, 0.2) is 0 Å². The van der Waals surface area contributed by atoms with E-state index < -0.39 is 0 Å². The van der Waals surface area contributed by atoms with Crippen LogP contribution in [0, 0.1) is 0 Å². The van der Waals surface area contributed by atoms with Crippen LogP contribution < -0.4 is 14.8 Å². The minimum atomic E-state index is 0.504. The number of benzene rings is 1. The second kappa shape index (κ2) is 7.22. The summed E-state index contributed by atoms with van der Waals surface area (Å²) < 4.78 is 11.6. The Morgan fingerprint density at radius 1 is 1.17 bits per heavy atom. The van der Waals surface area contributed by atoms with Crippen molar-refractivity contribution in [3.63, 3.8) is 0 Å². The number of ether oxygens (including phenoxy) is 2. The first-order valence-corrected chi connectivity index (χ1v) is 8.91. The summed E-state index contributed by atoms with van der Waals surface area (Å²) in [5, 5.41) is 3.34. The van der Waals surface area contributed by atoms with E-state index in [2.05, 4.69) is 34.6 Å². The largest absolute Gasteiger partial charge is 0.493 e. The second-order valence-corrected chi connectivity index (χ2v) is 6.67. The highest BCUT2D eigenvalue weighted by Crippen LogP contribution is 2.26. The monoisotopic (exact) mass is 324 g/mol. The molecule has 3 heterocycles. The molecule has 0 spiro atoms. The highest BCUT2D eigenvalue weighted by atomic mass is 16.5. The first-order valence-electron chi connectivity index (χ1n) is 8.91. The number of aryl methyl sites for hydroxylation is 3. The van der Waals surface area contributed by atoms with Crippen molar-refractivity contribution in [1.29, 1.82) is 0 Å². The van der Waals surface area contributed by atoms with Crippen molar-refractivity contribution in [3.8, 4) is 11.5 Å². The van der Waals surface area contributed by atoms with Crippen molar-refractivity contribution in [2.75, 3.05) is 19.8 Å². The molecule has 4 nitrogen and oxygen atoms in total. The molecule has 126 valence electrons. The van der Waals surface area contributed by atoms with E-state index in [-0.39, 0.29) is 0 Å². The number of fused-ring (bicyclic) bond motifs is 1. The van der Waals surface area contributed by atoms with Crippen molar-refractivity contribution in [1.82, 2.24) is 10.3 Å². The van der Waals surface area contributed by atoms with Gasteiger partial charge in [-0.15, -0.1) is 0 Å². The normalized spacial score (nSPS) is 19.1. The van der Waals surface area contributed by atoms with Crippen LogP contribution in [0.15, 0.2) is 36.7 Å². The molecule has 1 N–H and O–H groups in total. The molecule has 1 unspecified atom stereocenters. The molecule has 1 aromatic heterocycles. The van der Waals surface area contributed by atoms with Crippen LogP contribution in [0.5, 0.6) is 11.5 Å². The van der Waals surface area contributed by atoms with Gasteiger partial charge in [-0.1, -0.05) is 12.1 Å². The number of nitrogens with zero attached hydrogens (tertiary/aromatic N) is 1. The predicted molar refractivity (Wildman–Crippen MR) is 93.8 cm³/mol. The van der Waals surface area contributed by atoms with Gasteiger partial charge in [0, 0.05) is 12.2 Å². The molecule has 2 aromatic rings. The molecule has 2 aliphatic heterocycles. The average Bonchev–Trinajstić information content (AvgIpc) is 2.59. The van der Waals surface area contributed by atoms with E-state index in [0.29, 0.717) is 6.04 Å². The molecular formula is C20H24N2O2. The van der Waals surface area contributed by atoms with E-state index in [9.17, 15) is 0 Å². The van der Waals surface area contributed by atoms with Crippen LogP contribution in [-0.2, 0) is 19.3 Å². The molecule has 2 aliphatic rings. The number of aromatic nitrogens is 1. The Hall–Kier alpha value is -2.07.